The number of aromatic amines is 1. The Kier molecular flexibility index (Phi) is 2.53. The molecule has 0 radical (unpaired) electrons. The van der Waals surface area contributed by atoms with Gasteiger partial charge in [0.05, 0.1) is 18.1 Å². The van der Waals surface area contributed by atoms with Crippen LogP contribution in [0.2, 0.25) is 5.02 Å². The molecule has 1 unspecified atom stereocenters. The number of fused-ring (bicyclic) bond motifs is 1. The summed E-state index contributed by atoms with van der Waals surface area (Å²) in [6.45, 7) is 0.886. The van der Waals surface area contributed by atoms with Gasteiger partial charge in [-0.15, -0.1) is 0 Å². The Morgan fingerprint density at radius 3 is 3.12 bits per heavy atom. The van der Waals surface area contributed by atoms with E-state index < -0.39 is 0 Å². The van der Waals surface area contributed by atoms with Crippen LogP contribution in [0.3, 0.4) is 0 Å². The molecule has 17 heavy (non-hydrogen) atoms. The number of hydrogen-bond acceptors (Lipinski definition) is 3. The summed E-state index contributed by atoms with van der Waals surface area (Å²) >= 11 is 6.16. The highest BCUT2D eigenvalue weighted by Crippen LogP contribution is 2.32. The molecule has 5 heteroatoms. The molecule has 0 bridgehead atoms. The standard InChI is InChI=1S/C12H12ClN3O/c13-9-5-7(17)1-2-8(9)11-12-10(3-4-14-11)15-6-16-12/h1-2,5-6,11,14,17H,3-4H2,(H,15,16). The van der Waals surface area contributed by atoms with Gasteiger partial charge in [-0.2, -0.15) is 0 Å². The lowest BCUT2D eigenvalue weighted by Crippen LogP contribution is -2.30. The number of hydrogen-bond donors (Lipinski definition) is 3. The molecule has 1 aliphatic rings. The van der Waals surface area contributed by atoms with Crippen LogP contribution in [-0.2, 0) is 6.42 Å². The maximum Gasteiger partial charge on any atom is 0.117 e. The van der Waals surface area contributed by atoms with Gasteiger partial charge >= 0.3 is 0 Å². The van der Waals surface area contributed by atoms with Gasteiger partial charge in [0.2, 0.25) is 0 Å². The van der Waals surface area contributed by atoms with Gasteiger partial charge in [-0.1, -0.05) is 17.7 Å². The molecule has 0 saturated carbocycles. The van der Waals surface area contributed by atoms with Crippen molar-refractivity contribution in [1.29, 1.82) is 0 Å². The predicted octanol–water partition coefficient (Wildman–Crippen LogP) is 2.00. The summed E-state index contributed by atoms with van der Waals surface area (Å²) in [5.41, 5.74) is 3.08. The molecule has 1 aliphatic heterocycles. The third-order valence-electron chi connectivity index (χ3n) is 3.04. The van der Waals surface area contributed by atoms with Crippen LogP contribution in [0.25, 0.3) is 0 Å². The molecule has 0 fully saturated rings. The minimum Gasteiger partial charge on any atom is -0.508 e. The van der Waals surface area contributed by atoms with Crippen molar-refractivity contribution in [2.45, 2.75) is 12.5 Å². The molecule has 0 amide bonds. The fourth-order valence-electron chi connectivity index (χ4n) is 2.23. The molecular formula is C12H12ClN3O. The molecule has 2 aromatic rings. The Morgan fingerprint density at radius 2 is 2.29 bits per heavy atom. The molecule has 1 aromatic carbocycles. The molecule has 3 rings (SSSR count). The van der Waals surface area contributed by atoms with Crippen LogP contribution in [-0.4, -0.2) is 21.6 Å². The largest absolute Gasteiger partial charge is 0.508 e. The van der Waals surface area contributed by atoms with Gasteiger partial charge in [-0.25, -0.2) is 4.98 Å². The molecule has 0 spiro atoms. The van der Waals surface area contributed by atoms with Crippen LogP contribution in [0, 0.1) is 0 Å². The van der Waals surface area contributed by atoms with E-state index in [0.29, 0.717) is 5.02 Å². The van der Waals surface area contributed by atoms with Crippen molar-refractivity contribution >= 4 is 11.6 Å². The number of halogens is 1. The second-order valence-corrected chi connectivity index (χ2v) is 4.52. The molecule has 1 aromatic heterocycles. The Hall–Kier alpha value is -1.52. The van der Waals surface area contributed by atoms with E-state index in [4.69, 9.17) is 11.6 Å². The summed E-state index contributed by atoms with van der Waals surface area (Å²) in [5, 5.41) is 13.3. The number of phenolic OH excluding ortho intramolecular Hbond substituents is 1. The zero-order chi connectivity index (χ0) is 11.8. The summed E-state index contributed by atoms with van der Waals surface area (Å²) in [4.78, 5) is 7.48. The van der Waals surface area contributed by atoms with Crippen LogP contribution < -0.4 is 5.32 Å². The highest BCUT2D eigenvalue weighted by atomic mass is 35.5. The minimum atomic E-state index is -0.00176. The van der Waals surface area contributed by atoms with E-state index >= 15 is 0 Å². The van der Waals surface area contributed by atoms with Crippen molar-refractivity contribution in [2.75, 3.05) is 6.54 Å². The van der Waals surface area contributed by atoms with Gasteiger partial charge in [0.1, 0.15) is 5.75 Å². The lowest BCUT2D eigenvalue weighted by molar-refractivity contribution is 0.474. The van der Waals surface area contributed by atoms with Crippen molar-refractivity contribution in [3.05, 3.63) is 46.5 Å². The maximum absolute atomic E-state index is 9.36. The van der Waals surface area contributed by atoms with E-state index in [2.05, 4.69) is 15.3 Å². The fourth-order valence-corrected chi connectivity index (χ4v) is 2.51. The van der Waals surface area contributed by atoms with Crippen LogP contribution in [0.4, 0.5) is 0 Å². The molecule has 2 heterocycles. The third-order valence-corrected chi connectivity index (χ3v) is 3.37. The number of nitrogens with one attached hydrogen (secondary N) is 2. The lowest BCUT2D eigenvalue weighted by atomic mass is 9.98. The number of H-pyrrole nitrogens is 1. The van der Waals surface area contributed by atoms with E-state index in [1.54, 1.807) is 18.5 Å². The van der Waals surface area contributed by atoms with Crippen molar-refractivity contribution < 1.29 is 5.11 Å². The number of benzene rings is 1. The monoisotopic (exact) mass is 249 g/mol. The van der Waals surface area contributed by atoms with Gasteiger partial charge < -0.3 is 15.4 Å². The minimum absolute atomic E-state index is 0.00176. The molecule has 1 atom stereocenters. The Balaban J connectivity index is 2.06. The van der Waals surface area contributed by atoms with Crippen molar-refractivity contribution in [3.8, 4) is 5.75 Å². The second-order valence-electron chi connectivity index (χ2n) is 4.11. The number of nitrogens with zero attached hydrogens (tertiary/aromatic N) is 1. The Labute approximate surface area is 104 Å². The van der Waals surface area contributed by atoms with Gasteiger partial charge in [0.25, 0.3) is 0 Å². The quantitative estimate of drug-likeness (QED) is 0.725. The van der Waals surface area contributed by atoms with Crippen molar-refractivity contribution in [3.63, 3.8) is 0 Å². The van der Waals surface area contributed by atoms with Crippen molar-refractivity contribution in [1.82, 2.24) is 15.3 Å². The molecule has 0 saturated heterocycles. The number of aromatic nitrogens is 2. The van der Waals surface area contributed by atoms with E-state index in [9.17, 15) is 5.11 Å². The van der Waals surface area contributed by atoms with E-state index in [0.717, 1.165) is 29.9 Å². The second kappa shape index (κ2) is 4.05. The summed E-state index contributed by atoms with van der Waals surface area (Å²) in [7, 11) is 0. The molecule has 88 valence electrons. The first-order valence-electron chi connectivity index (χ1n) is 5.49. The first-order valence-corrected chi connectivity index (χ1v) is 5.87. The molecule has 0 aliphatic carbocycles. The van der Waals surface area contributed by atoms with Crippen LogP contribution >= 0.6 is 11.6 Å². The summed E-state index contributed by atoms with van der Waals surface area (Å²) in [5.74, 6) is 0.178. The van der Waals surface area contributed by atoms with Crippen LogP contribution in [0.1, 0.15) is 23.0 Å². The first-order chi connectivity index (χ1) is 8.25. The maximum atomic E-state index is 9.36. The van der Waals surface area contributed by atoms with E-state index in [-0.39, 0.29) is 11.8 Å². The topological polar surface area (TPSA) is 60.9 Å². The summed E-state index contributed by atoms with van der Waals surface area (Å²) in [6, 6.07) is 5.03. The number of imidazole rings is 1. The average molecular weight is 250 g/mol. The highest BCUT2D eigenvalue weighted by molar-refractivity contribution is 6.31. The molecular weight excluding hydrogens is 238 g/mol. The normalized spacial score (nSPS) is 19.0. The summed E-state index contributed by atoms with van der Waals surface area (Å²) < 4.78 is 0. The first kappa shape index (κ1) is 10.6. The van der Waals surface area contributed by atoms with Crippen LogP contribution in [0.5, 0.6) is 5.75 Å². The SMILES string of the molecule is Oc1ccc(C2NCCc3[nH]cnc32)c(Cl)c1. The lowest BCUT2D eigenvalue weighted by Gasteiger charge is -2.24. The number of phenols is 1. The van der Waals surface area contributed by atoms with Gasteiger partial charge in [0.15, 0.2) is 0 Å². The smallest absolute Gasteiger partial charge is 0.117 e. The van der Waals surface area contributed by atoms with E-state index in [1.165, 1.54) is 0 Å². The van der Waals surface area contributed by atoms with Crippen LogP contribution in [0.15, 0.2) is 24.5 Å². The molecule has 4 nitrogen and oxygen atoms in total. The fraction of sp³-hybridized carbons (Fsp3) is 0.250. The highest BCUT2D eigenvalue weighted by Gasteiger charge is 2.25. The summed E-state index contributed by atoms with van der Waals surface area (Å²) in [6.07, 6.45) is 2.65. The zero-order valence-corrected chi connectivity index (χ0v) is 9.83. The molecule has 3 N–H and O–H groups in total. The zero-order valence-electron chi connectivity index (χ0n) is 9.07. The number of rotatable bonds is 1. The Bertz CT molecular complexity index is 552. The number of aromatic hydroxyl groups is 1. The van der Waals surface area contributed by atoms with Gasteiger partial charge in [0, 0.05) is 23.7 Å². The third kappa shape index (κ3) is 1.79. The van der Waals surface area contributed by atoms with Crippen molar-refractivity contribution in [2.24, 2.45) is 0 Å². The van der Waals surface area contributed by atoms with E-state index in [1.807, 2.05) is 6.07 Å². The Morgan fingerprint density at radius 1 is 1.41 bits per heavy atom. The average Bonchev–Trinajstić information content (AvgIpc) is 2.77. The predicted molar refractivity (Wildman–Crippen MR) is 65.3 cm³/mol. The van der Waals surface area contributed by atoms with Gasteiger partial charge in [-0.05, 0) is 17.7 Å². The van der Waals surface area contributed by atoms with Gasteiger partial charge in [-0.3, -0.25) is 0 Å².